The van der Waals surface area contributed by atoms with E-state index in [9.17, 15) is 13.2 Å². The van der Waals surface area contributed by atoms with E-state index in [1.54, 1.807) is 24.4 Å². The van der Waals surface area contributed by atoms with Crippen LogP contribution in [0.2, 0.25) is 0 Å². The molecule has 0 N–H and O–H groups in total. The molecular weight excluding hydrogens is 391 g/mol. The minimum Gasteiger partial charge on any atom is -0.396 e. The normalized spacial score (nSPS) is 15.0. The maximum Gasteiger partial charge on any atom is 0.479 e. The van der Waals surface area contributed by atoms with Gasteiger partial charge in [-0.05, 0) is 30.3 Å². The van der Waals surface area contributed by atoms with Crippen LogP contribution in [0.4, 0.5) is 18.9 Å². The maximum absolute atomic E-state index is 12.6. The maximum atomic E-state index is 12.6. The zero-order valence-corrected chi connectivity index (χ0v) is 15.5. The van der Waals surface area contributed by atoms with Crippen molar-refractivity contribution in [3.8, 4) is 17.1 Å². The second kappa shape index (κ2) is 7.84. The number of rotatable bonds is 4. The van der Waals surface area contributed by atoms with Gasteiger partial charge in [0.05, 0.1) is 29.8 Å². The van der Waals surface area contributed by atoms with E-state index in [1.807, 2.05) is 24.3 Å². The van der Waals surface area contributed by atoms with Gasteiger partial charge in [0.1, 0.15) is 0 Å². The van der Waals surface area contributed by atoms with Crippen LogP contribution in [0, 0.1) is 0 Å². The first-order valence-electron chi connectivity index (χ1n) is 8.61. The van der Waals surface area contributed by atoms with Crippen molar-refractivity contribution in [3.63, 3.8) is 0 Å². The zero-order chi connectivity index (χ0) is 19.6. The molecule has 1 fully saturated rings. The summed E-state index contributed by atoms with van der Waals surface area (Å²) in [5.74, 6) is -0.111. The van der Waals surface area contributed by atoms with E-state index in [1.165, 1.54) is 0 Å². The lowest BCUT2D eigenvalue weighted by molar-refractivity contribution is -0.0370. The van der Waals surface area contributed by atoms with Gasteiger partial charge in [-0.2, -0.15) is 13.2 Å². The summed E-state index contributed by atoms with van der Waals surface area (Å²) in [6, 6.07) is 12.7. The number of hydrogen-bond donors (Lipinski definition) is 0. The summed E-state index contributed by atoms with van der Waals surface area (Å²) in [6.07, 6.45) is 1.58. The molecule has 146 valence electrons. The molecule has 0 bridgehead atoms. The fourth-order valence-corrected chi connectivity index (χ4v) is 3.31. The van der Waals surface area contributed by atoms with Gasteiger partial charge in [-0.3, -0.25) is 4.98 Å². The Labute approximate surface area is 163 Å². The van der Waals surface area contributed by atoms with Crippen molar-refractivity contribution in [1.82, 2.24) is 9.97 Å². The Morgan fingerprint density at radius 3 is 2.54 bits per heavy atom. The number of nitrogens with zero attached hydrogens (tertiary/aromatic N) is 3. The number of pyridine rings is 2. The number of ether oxygens (including phenoxy) is 1. The van der Waals surface area contributed by atoms with Gasteiger partial charge >= 0.3 is 5.51 Å². The quantitative estimate of drug-likeness (QED) is 0.586. The van der Waals surface area contributed by atoms with E-state index < -0.39 is 17.6 Å². The third kappa shape index (κ3) is 4.31. The molecule has 9 heteroatoms. The van der Waals surface area contributed by atoms with Crippen molar-refractivity contribution < 1.29 is 22.1 Å². The van der Waals surface area contributed by atoms with Crippen LogP contribution >= 0.6 is 12.0 Å². The fraction of sp³-hybridized carbons (Fsp3) is 0.263. The van der Waals surface area contributed by atoms with E-state index in [-0.39, 0.29) is 5.88 Å². The summed E-state index contributed by atoms with van der Waals surface area (Å²) in [7, 11) is 0. The van der Waals surface area contributed by atoms with E-state index in [2.05, 4.69) is 14.9 Å². The smallest absolute Gasteiger partial charge is 0.396 e. The summed E-state index contributed by atoms with van der Waals surface area (Å²) in [5.41, 5.74) is -1.67. The third-order valence-corrected chi connectivity index (χ3v) is 4.75. The average molecular weight is 407 g/mol. The zero-order valence-electron chi connectivity index (χ0n) is 14.6. The van der Waals surface area contributed by atoms with E-state index in [0.717, 1.165) is 24.3 Å². The minimum atomic E-state index is -4.52. The number of halogens is 3. The fourth-order valence-electron chi connectivity index (χ4n) is 3.01. The number of aromatic nitrogens is 2. The molecule has 3 aromatic rings. The molecule has 0 amide bonds. The standard InChI is InChI=1S/C19H16F3N3O2S/c20-19(21,22)28-27-18-15-2-1-7-23-17(15)12-16(24-18)13-3-5-14(6-4-13)25-8-10-26-11-9-25/h1-7,12H,8-11H2. The first-order valence-corrected chi connectivity index (χ1v) is 9.35. The molecule has 0 spiro atoms. The van der Waals surface area contributed by atoms with Crippen LogP contribution in [-0.2, 0) is 4.74 Å². The summed E-state index contributed by atoms with van der Waals surface area (Å²) >= 11 is -0.582. The molecule has 1 aliphatic heterocycles. The lowest BCUT2D eigenvalue weighted by Crippen LogP contribution is -2.36. The van der Waals surface area contributed by atoms with Crippen LogP contribution in [0.15, 0.2) is 48.7 Å². The van der Waals surface area contributed by atoms with Gasteiger partial charge in [0.15, 0.2) is 12.0 Å². The SMILES string of the molecule is FC(F)(F)SOc1nc(-c2ccc(N3CCOCC3)cc2)cc2ncccc12. The molecule has 3 heterocycles. The van der Waals surface area contributed by atoms with Crippen molar-refractivity contribution in [2.45, 2.75) is 5.51 Å². The second-order valence-corrected chi connectivity index (χ2v) is 6.94. The van der Waals surface area contributed by atoms with E-state index in [0.29, 0.717) is 29.8 Å². The van der Waals surface area contributed by atoms with Gasteiger partial charge < -0.3 is 13.8 Å². The Morgan fingerprint density at radius 2 is 1.82 bits per heavy atom. The lowest BCUT2D eigenvalue weighted by atomic mass is 10.1. The number of hydrogen-bond acceptors (Lipinski definition) is 6. The number of anilines is 1. The van der Waals surface area contributed by atoms with Crippen molar-refractivity contribution in [2.75, 3.05) is 31.2 Å². The largest absolute Gasteiger partial charge is 0.479 e. The molecule has 2 aromatic heterocycles. The minimum absolute atomic E-state index is 0.111. The monoisotopic (exact) mass is 407 g/mol. The topological polar surface area (TPSA) is 47.5 Å². The Bertz CT molecular complexity index is 961. The molecule has 28 heavy (non-hydrogen) atoms. The van der Waals surface area contributed by atoms with Gasteiger partial charge in [-0.15, -0.1) is 0 Å². The highest BCUT2D eigenvalue weighted by molar-refractivity contribution is 7.95. The molecule has 0 radical (unpaired) electrons. The Balaban J connectivity index is 1.66. The van der Waals surface area contributed by atoms with Crippen LogP contribution in [0.25, 0.3) is 22.2 Å². The highest BCUT2D eigenvalue weighted by Gasteiger charge is 2.32. The summed E-state index contributed by atoms with van der Waals surface area (Å²) < 4.78 is 47.9. The molecule has 0 atom stereocenters. The predicted octanol–water partition coefficient (Wildman–Crippen LogP) is 4.68. The van der Waals surface area contributed by atoms with Gasteiger partial charge in [0, 0.05) is 30.5 Å². The van der Waals surface area contributed by atoms with E-state index in [4.69, 9.17) is 8.92 Å². The lowest BCUT2D eigenvalue weighted by Gasteiger charge is -2.28. The molecule has 1 aliphatic rings. The van der Waals surface area contributed by atoms with Crippen molar-refractivity contribution in [1.29, 1.82) is 0 Å². The Kier molecular flexibility index (Phi) is 5.27. The van der Waals surface area contributed by atoms with Gasteiger partial charge in [0.25, 0.3) is 0 Å². The first kappa shape index (κ1) is 18.8. The van der Waals surface area contributed by atoms with Crippen LogP contribution in [0.5, 0.6) is 5.88 Å². The molecule has 1 aromatic carbocycles. The van der Waals surface area contributed by atoms with Gasteiger partial charge in [0.2, 0.25) is 5.88 Å². The number of morpholine rings is 1. The van der Waals surface area contributed by atoms with Crippen LogP contribution < -0.4 is 9.08 Å². The van der Waals surface area contributed by atoms with E-state index >= 15 is 0 Å². The highest BCUT2D eigenvalue weighted by atomic mass is 32.2. The van der Waals surface area contributed by atoms with Gasteiger partial charge in [-0.1, -0.05) is 12.1 Å². The van der Waals surface area contributed by atoms with Crippen LogP contribution in [0.1, 0.15) is 0 Å². The molecule has 5 nitrogen and oxygen atoms in total. The van der Waals surface area contributed by atoms with Crippen LogP contribution in [0.3, 0.4) is 0 Å². The second-order valence-electron chi connectivity index (χ2n) is 6.14. The summed E-state index contributed by atoms with van der Waals surface area (Å²) in [4.78, 5) is 10.7. The Hall–Kier alpha value is -2.52. The number of alkyl halides is 3. The first-order chi connectivity index (χ1) is 13.5. The summed E-state index contributed by atoms with van der Waals surface area (Å²) in [5, 5.41) is 0.424. The third-order valence-electron chi connectivity index (χ3n) is 4.32. The number of fused-ring (bicyclic) bond motifs is 1. The predicted molar refractivity (Wildman–Crippen MR) is 102 cm³/mol. The molecule has 1 saturated heterocycles. The molecule has 0 saturated carbocycles. The average Bonchev–Trinajstić information content (AvgIpc) is 2.72. The highest BCUT2D eigenvalue weighted by Crippen LogP contribution is 2.36. The molecule has 4 rings (SSSR count). The summed E-state index contributed by atoms with van der Waals surface area (Å²) in [6.45, 7) is 3.03. The Morgan fingerprint density at radius 1 is 1.07 bits per heavy atom. The van der Waals surface area contributed by atoms with Crippen molar-refractivity contribution in [2.24, 2.45) is 0 Å². The van der Waals surface area contributed by atoms with Crippen LogP contribution in [-0.4, -0.2) is 41.8 Å². The van der Waals surface area contributed by atoms with Gasteiger partial charge in [-0.25, -0.2) is 4.98 Å². The molecule has 0 aliphatic carbocycles. The number of benzene rings is 1. The van der Waals surface area contributed by atoms with Crippen molar-refractivity contribution in [3.05, 3.63) is 48.7 Å². The molecule has 0 unspecified atom stereocenters. The molecular formula is C19H16F3N3O2S. The van der Waals surface area contributed by atoms with Crippen molar-refractivity contribution >= 4 is 28.6 Å².